The van der Waals surface area contributed by atoms with E-state index in [1.54, 1.807) is 10.6 Å². The highest BCUT2D eigenvalue weighted by Gasteiger charge is 2.16. The van der Waals surface area contributed by atoms with Gasteiger partial charge in [-0.05, 0) is 36.8 Å². The molecule has 2 aromatic carbocycles. The van der Waals surface area contributed by atoms with Gasteiger partial charge in [-0.1, -0.05) is 47.5 Å². The Bertz CT molecular complexity index is 1140. The Kier molecular flexibility index (Phi) is 3.86. The zero-order chi connectivity index (χ0) is 17.6. The zero-order valence-electron chi connectivity index (χ0n) is 13.3. The number of nitrogens with one attached hydrogen (secondary N) is 1. The second-order valence-electron chi connectivity index (χ2n) is 5.76. The van der Waals surface area contributed by atoms with Gasteiger partial charge >= 0.3 is 0 Å². The quantitative estimate of drug-likeness (QED) is 0.542. The fourth-order valence-corrected chi connectivity index (χ4v) is 3.29. The number of hydrogen-bond acceptors (Lipinski definition) is 2. The molecule has 4 rings (SSSR count). The van der Waals surface area contributed by atoms with E-state index < -0.39 is 0 Å². The van der Waals surface area contributed by atoms with Crippen molar-refractivity contribution in [2.24, 2.45) is 0 Å². The lowest BCUT2D eigenvalue weighted by molar-refractivity contribution is 0.918. The van der Waals surface area contributed by atoms with Crippen LogP contribution in [0.1, 0.15) is 5.69 Å². The Morgan fingerprint density at radius 1 is 0.960 bits per heavy atom. The van der Waals surface area contributed by atoms with Gasteiger partial charge in [0.15, 0.2) is 0 Å². The first-order valence-electron chi connectivity index (χ1n) is 7.67. The van der Waals surface area contributed by atoms with E-state index in [1.165, 1.54) is 6.07 Å². The van der Waals surface area contributed by atoms with Crippen LogP contribution in [0.15, 0.2) is 59.4 Å². The molecule has 124 valence electrons. The molecule has 25 heavy (non-hydrogen) atoms. The Morgan fingerprint density at radius 3 is 2.44 bits per heavy atom. The fourth-order valence-electron chi connectivity index (χ4n) is 2.97. The highest BCUT2D eigenvalue weighted by atomic mass is 35.5. The maximum absolute atomic E-state index is 12.3. The summed E-state index contributed by atoms with van der Waals surface area (Å²) in [5.74, 6) is 0. The highest BCUT2D eigenvalue weighted by Crippen LogP contribution is 2.30. The van der Waals surface area contributed by atoms with Crippen LogP contribution in [0.5, 0.6) is 0 Å². The van der Waals surface area contributed by atoms with Crippen LogP contribution >= 0.6 is 23.2 Å². The summed E-state index contributed by atoms with van der Waals surface area (Å²) in [7, 11) is 0. The van der Waals surface area contributed by atoms with Gasteiger partial charge in [0.1, 0.15) is 5.65 Å². The first-order chi connectivity index (χ1) is 12.0. The number of halogens is 2. The second kappa shape index (κ2) is 6.06. The number of H-pyrrole nitrogens is 1. The molecule has 0 aliphatic heterocycles. The Morgan fingerprint density at radius 2 is 1.72 bits per heavy atom. The molecule has 0 radical (unpaired) electrons. The lowest BCUT2D eigenvalue weighted by Crippen LogP contribution is -2.09. The molecule has 2 heterocycles. The Labute approximate surface area is 153 Å². The molecule has 0 bridgehead atoms. The van der Waals surface area contributed by atoms with Gasteiger partial charge in [0.2, 0.25) is 0 Å². The average molecular weight is 370 g/mol. The third-order valence-electron chi connectivity index (χ3n) is 4.05. The molecule has 4 nitrogen and oxygen atoms in total. The molecule has 4 aromatic rings. The summed E-state index contributed by atoms with van der Waals surface area (Å²) in [4.78, 5) is 15.2. The number of hydrogen-bond donors (Lipinski definition) is 1. The number of aryl methyl sites for hydroxylation is 1. The summed E-state index contributed by atoms with van der Waals surface area (Å²) in [5.41, 5.74) is 4.58. The van der Waals surface area contributed by atoms with E-state index in [4.69, 9.17) is 23.2 Å². The van der Waals surface area contributed by atoms with Gasteiger partial charge < -0.3 is 4.98 Å². The SMILES string of the molecule is Cc1nn2c(-c3cccc(Cl)c3)cc(=O)[nH]c2c1-c1ccc(Cl)cc1. The maximum Gasteiger partial charge on any atom is 0.251 e. The van der Waals surface area contributed by atoms with Gasteiger partial charge in [-0.25, -0.2) is 4.52 Å². The van der Waals surface area contributed by atoms with Crippen LogP contribution in [-0.2, 0) is 0 Å². The van der Waals surface area contributed by atoms with Crippen LogP contribution in [0.3, 0.4) is 0 Å². The summed E-state index contributed by atoms with van der Waals surface area (Å²) >= 11 is 12.1. The Balaban J connectivity index is 2.04. The van der Waals surface area contributed by atoms with E-state index >= 15 is 0 Å². The van der Waals surface area contributed by atoms with Gasteiger partial charge in [0.25, 0.3) is 5.56 Å². The molecule has 1 N–H and O–H groups in total. The van der Waals surface area contributed by atoms with Gasteiger partial charge in [-0.3, -0.25) is 4.79 Å². The predicted molar refractivity (Wildman–Crippen MR) is 101 cm³/mol. The van der Waals surface area contributed by atoms with Crippen LogP contribution in [0.4, 0.5) is 0 Å². The minimum atomic E-state index is -0.197. The van der Waals surface area contributed by atoms with Crippen molar-refractivity contribution in [1.29, 1.82) is 0 Å². The maximum atomic E-state index is 12.3. The van der Waals surface area contributed by atoms with Crippen LogP contribution in [-0.4, -0.2) is 14.6 Å². The van der Waals surface area contributed by atoms with Crippen LogP contribution in [0.25, 0.3) is 28.0 Å². The monoisotopic (exact) mass is 369 g/mol. The number of fused-ring (bicyclic) bond motifs is 1. The van der Waals surface area contributed by atoms with Crippen LogP contribution < -0.4 is 5.56 Å². The van der Waals surface area contributed by atoms with E-state index in [0.29, 0.717) is 21.4 Å². The van der Waals surface area contributed by atoms with Gasteiger partial charge in [-0.15, -0.1) is 0 Å². The summed E-state index contributed by atoms with van der Waals surface area (Å²) in [6, 6.07) is 16.3. The summed E-state index contributed by atoms with van der Waals surface area (Å²) in [5, 5.41) is 5.89. The molecule has 0 spiro atoms. The van der Waals surface area contributed by atoms with E-state index in [1.807, 2.05) is 49.4 Å². The van der Waals surface area contributed by atoms with E-state index in [2.05, 4.69) is 10.1 Å². The minimum Gasteiger partial charge on any atom is -0.306 e. The average Bonchev–Trinajstić information content (AvgIpc) is 2.91. The van der Waals surface area contributed by atoms with E-state index in [0.717, 1.165) is 22.4 Å². The number of rotatable bonds is 2. The lowest BCUT2D eigenvalue weighted by Gasteiger charge is -2.06. The number of aromatic amines is 1. The van der Waals surface area contributed by atoms with Crippen molar-refractivity contribution >= 4 is 28.8 Å². The van der Waals surface area contributed by atoms with Gasteiger partial charge in [0, 0.05) is 27.2 Å². The highest BCUT2D eigenvalue weighted by molar-refractivity contribution is 6.31. The number of nitrogens with zero attached hydrogens (tertiary/aromatic N) is 2. The standard InChI is InChI=1S/C19H13Cl2N3O/c1-11-18(12-5-7-14(20)8-6-12)19-22-17(25)10-16(24(19)23-11)13-3-2-4-15(21)9-13/h2-10H,1H3,(H,22,25). The van der Waals surface area contributed by atoms with Crippen molar-refractivity contribution < 1.29 is 0 Å². The minimum absolute atomic E-state index is 0.197. The smallest absolute Gasteiger partial charge is 0.251 e. The Hall–Kier alpha value is -2.56. The molecule has 0 aliphatic rings. The molecule has 0 saturated carbocycles. The van der Waals surface area contributed by atoms with E-state index in [9.17, 15) is 4.79 Å². The molecule has 0 atom stereocenters. The zero-order valence-corrected chi connectivity index (χ0v) is 14.8. The topological polar surface area (TPSA) is 50.2 Å². The van der Waals surface area contributed by atoms with Crippen molar-refractivity contribution in [2.75, 3.05) is 0 Å². The largest absolute Gasteiger partial charge is 0.306 e. The van der Waals surface area contributed by atoms with Gasteiger partial charge in [0.05, 0.1) is 11.4 Å². The molecule has 0 saturated heterocycles. The molecular formula is C19H13Cl2N3O. The normalized spacial score (nSPS) is 11.2. The first kappa shape index (κ1) is 15.9. The van der Waals surface area contributed by atoms with Crippen LogP contribution in [0, 0.1) is 6.92 Å². The molecule has 6 heteroatoms. The summed E-state index contributed by atoms with van der Waals surface area (Å²) in [6.45, 7) is 1.91. The summed E-state index contributed by atoms with van der Waals surface area (Å²) in [6.07, 6.45) is 0. The van der Waals surface area contributed by atoms with Crippen molar-refractivity contribution in [3.05, 3.63) is 80.7 Å². The third-order valence-corrected chi connectivity index (χ3v) is 4.54. The molecule has 0 unspecified atom stereocenters. The van der Waals surface area contributed by atoms with Gasteiger partial charge in [-0.2, -0.15) is 5.10 Å². The fraction of sp³-hybridized carbons (Fsp3) is 0.0526. The van der Waals surface area contributed by atoms with Crippen molar-refractivity contribution in [1.82, 2.24) is 14.6 Å². The van der Waals surface area contributed by atoms with Crippen molar-refractivity contribution in [2.45, 2.75) is 6.92 Å². The lowest BCUT2D eigenvalue weighted by atomic mass is 10.1. The summed E-state index contributed by atoms with van der Waals surface area (Å²) < 4.78 is 1.74. The molecule has 0 amide bonds. The van der Waals surface area contributed by atoms with Crippen LogP contribution in [0.2, 0.25) is 10.0 Å². The molecule has 2 aromatic heterocycles. The predicted octanol–water partition coefficient (Wildman–Crippen LogP) is 4.97. The number of aromatic nitrogens is 3. The van der Waals surface area contributed by atoms with Crippen molar-refractivity contribution in [3.8, 4) is 22.4 Å². The molecule has 0 aliphatic carbocycles. The van der Waals surface area contributed by atoms with E-state index in [-0.39, 0.29) is 5.56 Å². The third kappa shape index (κ3) is 2.84. The first-order valence-corrected chi connectivity index (χ1v) is 8.43. The molecular weight excluding hydrogens is 357 g/mol. The second-order valence-corrected chi connectivity index (χ2v) is 6.63. The number of benzene rings is 2. The molecule has 0 fully saturated rings. The van der Waals surface area contributed by atoms with Crippen molar-refractivity contribution in [3.63, 3.8) is 0 Å².